The number of aryl methyl sites for hydroxylation is 2. The van der Waals surface area contributed by atoms with Crippen molar-refractivity contribution in [2.45, 2.75) is 13.5 Å². The van der Waals surface area contributed by atoms with E-state index in [2.05, 4.69) is 15.4 Å². The van der Waals surface area contributed by atoms with Crippen LogP contribution in [0.15, 0.2) is 41.4 Å². The maximum atomic E-state index is 12.3. The van der Waals surface area contributed by atoms with Crippen molar-refractivity contribution in [3.63, 3.8) is 0 Å². The largest absolute Gasteiger partial charge is 0.348 e. The molecule has 0 saturated heterocycles. The Bertz CT molecular complexity index is 792. The van der Waals surface area contributed by atoms with Gasteiger partial charge >= 0.3 is 0 Å². The van der Waals surface area contributed by atoms with Gasteiger partial charge in [0.05, 0.1) is 23.1 Å². The van der Waals surface area contributed by atoms with Crippen LogP contribution in [0.2, 0.25) is 0 Å². The lowest BCUT2D eigenvalue weighted by Crippen LogP contribution is -2.23. The zero-order valence-electron chi connectivity index (χ0n) is 12.4. The second-order valence-corrected chi connectivity index (χ2v) is 5.83. The number of carbonyl (C=O) groups excluding carboxylic acids is 1. The second kappa shape index (κ2) is 6.11. The van der Waals surface area contributed by atoms with Crippen LogP contribution < -0.4 is 5.32 Å². The highest BCUT2D eigenvalue weighted by Gasteiger charge is 2.11. The fourth-order valence-corrected chi connectivity index (χ4v) is 2.86. The van der Waals surface area contributed by atoms with Crippen molar-refractivity contribution >= 4 is 17.2 Å². The van der Waals surface area contributed by atoms with E-state index in [4.69, 9.17) is 0 Å². The highest BCUT2D eigenvalue weighted by Crippen LogP contribution is 2.21. The molecule has 3 aromatic rings. The molecule has 3 rings (SSSR count). The van der Waals surface area contributed by atoms with Gasteiger partial charge in [-0.2, -0.15) is 16.4 Å². The Morgan fingerprint density at radius 2 is 2.23 bits per heavy atom. The Hall–Kier alpha value is -2.47. The van der Waals surface area contributed by atoms with Crippen LogP contribution in [-0.2, 0) is 13.6 Å². The van der Waals surface area contributed by atoms with Crippen LogP contribution in [0.1, 0.15) is 21.6 Å². The molecule has 5 nitrogen and oxygen atoms in total. The molecule has 1 amide bonds. The number of aromatic nitrogens is 3. The standard InChI is InChI=1S/C16H16N4OS/c1-11-14(3-4-15(19-11)13-5-6-22-10-13)16(21)17-7-12-8-18-20(2)9-12/h3-6,8-10H,7H2,1-2H3,(H,17,21). The minimum Gasteiger partial charge on any atom is -0.348 e. The third kappa shape index (κ3) is 3.07. The lowest BCUT2D eigenvalue weighted by Gasteiger charge is -2.07. The SMILES string of the molecule is Cc1nc(-c2ccsc2)ccc1C(=O)NCc1cnn(C)c1. The van der Waals surface area contributed by atoms with Crippen LogP contribution in [0, 0.1) is 6.92 Å². The van der Waals surface area contributed by atoms with E-state index in [0.29, 0.717) is 12.1 Å². The molecule has 0 aliphatic carbocycles. The molecule has 0 bridgehead atoms. The third-order valence-corrected chi connectivity index (χ3v) is 4.04. The number of rotatable bonds is 4. The van der Waals surface area contributed by atoms with Gasteiger partial charge in [0.25, 0.3) is 5.91 Å². The molecule has 3 aromatic heterocycles. The second-order valence-electron chi connectivity index (χ2n) is 5.05. The van der Waals surface area contributed by atoms with Crippen LogP contribution in [0.3, 0.4) is 0 Å². The number of thiophene rings is 1. The normalized spacial score (nSPS) is 10.6. The van der Waals surface area contributed by atoms with Crippen LogP contribution in [0.25, 0.3) is 11.3 Å². The first-order chi connectivity index (χ1) is 10.6. The van der Waals surface area contributed by atoms with E-state index in [0.717, 1.165) is 22.5 Å². The maximum absolute atomic E-state index is 12.3. The highest BCUT2D eigenvalue weighted by molar-refractivity contribution is 7.08. The van der Waals surface area contributed by atoms with Gasteiger partial charge < -0.3 is 5.32 Å². The van der Waals surface area contributed by atoms with E-state index in [1.54, 1.807) is 22.2 Å². The Morgan fingerprint density at radius 1 is 1.36 bits per heavy atom. The molecule has 6 heteroatoms. The van der Waals surface area contributed by atoms with E-state index < -0.39 is 0 Å². The summed E-state index contributed by atoms with van der Waals surface area (Å²) in [7, 11) is 1.85. The minimum atomic E-state index is -0.120. The average molecular weight is 312 g/mol. The first kappa shape index (κ1) is 14.5. The number of nitrogens with one attached hydrogen (secondary N) is 1. The van der Waals surface area contributed by atoms with Crippen LogP contribution in [0.5, 0.6) is 0 Å². The number of carbonyl (C=O) groups is 1. The topological polar surface area (TPSA) is 59.8 Å². The molecule has 0 aliphatic heterocycles. The van der Waals surface area contributed by atoms with Crippen molar-refractivity contribution in [3.05, 3.63) is 58.2 Å². The first-order valence-corrected chi connectivity index (χ1v) is 7.83. The monoisotopic (exact) mass is 312 g/mol. The van der Waals surface area contributed by atoms with E-state index in [1.807, 2.05) is 49.1 Å². The van der Waals surface area contributed by atoms with Crippen molar-refractivity contribution < 1.29 is 4.79 Å². The third-order valence-electron chi connectivity index (χ3n) is 3.36. The Kier molecular flexibility index (Phi) is 4.02. The molecular weight excluding hydrogens is 296 g/mol. The lowest BCUT2D eigenvalue weighted by atomic mass is 10.1. The molecule has 0 radical (unpaired) electrons. The molecule has 0 saturated carbocycles. The molecule has 0 fully saturated rings. The zero-order chi connectivity index (χ0) is 15.5. The van der Waals surface area contributed by atoms with Crippen molar-refractivity contribution in [2.24, 2.45) is 7.05 Å². The fraction of sp³-hybridized carbons (Fsp3) is 0.188. The molecule has 0 spiro atoms. The van der Waals surface area contributed by atoms with Gasteiger partial charge in [0.1, 0.15) is 0 Å². The predicted molar refractivity (Wildman–Crippen MR) is 86.7 cm³/mol. The summed E-state index contributed by atoms with van der Waals surface area (Å²) in [6, 6.07) is 5.73. The number of pyridine rings is 1. The number of hydrogen-bond donors (Lipinski definition) is 1. The molecule has 3 heterocycles. The number of nitrogens with zero attached hydrogens (tertiary/aromatic N) is 3. The summed E-state index contributed by atoms with van der Waals surface area (Å²) < 4.78 is 1.71. The van der Waals surface area contributed by atoms with Gasteiger partial charge in [-0.05, 0) is 30.5 Å². The Morgan fingerprint density at radius 3 is 2.86 bits per heavy atom. The van der Waals surface area contributed by atoms with Gasteiger partial charge in [-0.15, -0.1) is 0 Å². The molecule has 112 valence electrons. The molecule has 1 N–H and O–H groups in total. The van der Waals surface area contributed by atoms with E-state index >= 15 is 0 Å². The number of hydrogen-bond acceptors (Lipinski definition) is 4. The summed E-state index contributed by atoms with van der Waals surface area (Å²) in [6.45, 7) is 2.31. The molecular formula is C16H16N4OS. The highest BCUT2D eigenvalue weighted by atomic mass is 32.1. The van der Waals surface area contributed by atoms with Crippen molar-refractivity contribution in [2.75, 3.05) is 0 Å². The van der Waals surface area contributed by atoms with E-state index in [9.17, 15) is 4.79 Å². The molecule has 0 aromatic carbocycles. The van der Waals surface area contributed by atoms with E-state index in [1.165, 1.54) is 0 Å². The van der Waals surface area contributed by atoms with Gasteiger partial charge in [-0.25, -0.2) is 0 Å². The molecule has 22 heavy (non-hydrogen) atoms. The van der Waals surface area contributed by atoms with Crippen LogP contribution in [-0.4, -0.2) is 20.7 Å². The summed E-state index contributed by atoms with van der Waals surface area (Å²) in [4.78, 5) is 16.8. The number of amides is 1. The fourth-order valence-electron chi connectivity index (χ4n) is 2.21. The smallest absolute Gasteiger partial charge is 0.253 e. The summed E-state index contributed by atoms with van der Waals surface area (Å²) in [5.41, 5.74) is 4.27. The maximum Gasteiger partial charge on any atom is 0.253 e. The van der Waals surface area contributed by atoms with Crippen molar-refractivity contribution in [1.29, 1.82) is 0 Å². The van der Waals surface area contributed by atoms with Gasteiger partial charge in [0.2, 0.25) is 0 Å². The average Bonchev–Trinajstić information content (AvgIpc) is 3.16. The van der Waals surface area contributed by atoms with Crippen molar-refractivity contribution in [1.82, 2.24) is 20.1 Å². The van der Waals surface area contributed by atoms with Gasteiger partial charge in [0, 0.05) is 36.3 Å². The minimum absolute atomic E-state index is 0.120. The Balaban J connectivity index is 1.72. The van der Waals surface area contributed by atoms with Crippen LogP contribution in [0.4, 0.5) is 0 Å². The summed E-state index contributed by atoms with van der Waals surface area (Å²) in [5, 5.41) is 11.0. The van der Waals surface area contributed by atoms with Gasteiger partial charge in [-0.3, -0.25) is 14.5 Å². The molecule has 0 unspecified atom stereocenters. The lowest BCUT2D eigenvalue weighted by molar-refractivity contribution is 0.0950. The Labute approximate surface area is 132 Å². The van der Waals surface area contributed by atoms with Crippen LogP contribution >= 0.6 is 11.3 Å². The summed E-state index contributed by atoms with van der Waals surface area (Å²) in [6.07, 6.45) is 3.62. The summed E-state index contributed by atoms with van der Waals surface area (Å²) >= 11 is 1.63. The van der Waals surface area contributed by atoms with Gasteiger partial charge in [0.15, 0.2) is 0 Å². The van der Waals surface area contributed by atoms with Gasteiger partial charge in [-0.1, -0.05) is 0 Å². The quantitative estimate of drug-likeness (QED) is 0.806. The zero-order valence-corrected chi connectivity index (χ0v) is 13.2. The molecule has 0 aliphatic rings. The van der Waals surface area contributed by atoms with Crippen molar-refractivity contribution in [3.8, 4) is 11.3 Å². The molecule has 0 atom stereocenters. The first-order valence-electron chi connectivity index (χ1n) is 6.89. The van der Waals surface area contributed by atoms with E-state index in [-0.39, 0.29) is 5.91 Å². The predicted octanol–water partition coefficient (Wildman–Crippen LogP) is 2.78. The summed E-state index contributed by atoms with van der Waals surface area (Å²) in [5.74, 6) is -0.120.